The van der Waals surface area contributed by atoms with Gasteiger partial charge in [0.25, 0.3) is 0 Å². The minimum atomic E-state index is -3.50. The number of carbonyl (C=O) groups excluding carboxylic acids is 1. The molecule has 0 unspecified atom stereocenters. The smallest absolute Gasteiger partial charge is 0.243 e. The number of aromatic amines is 1. The van der Waals surface area contributed by atoms with Crippen LogP contribution in [0.5, 0.6) is 0 Å². The van der Waals surface area contributed by atoms with Crippen molar-refractivity contribution in [1.29, 1.82) is 0 Å². The van der Waals surface area contributed by atoms with Crippen LogP contribution in [0.3, 0.4) is 0 Å². The zero-order valence-electron chi connectivity index (χ0n) is 16.6. The Morgan fingerprint density at radius 3 is 2.34 bits per heavy atom. The third kappa shape index (κ3) is 3.73. The first kappa shape index (κ1) is 19.8. The lowest BCUT2D eigenvalue weighted by Gasteiger charge is -2.36. The summed E-state index contributed by atoms with van der Waals surface area (Å²) >= 11 is 0. The molecule has 1 atom stereocenters. The lowest BCUT2D eigenvalue weighted by Crippen LogP contribution is -2.53. The number of hydrogen-bond donors (Lipinski definition) is 1. The average Bonchev–Trinajstić information content (AvgIpc) is 3.17. The highest BCUT2D eigenvalue weighted by atomic mass is 32.2. The van der Waals surface area contributed by atoms with Crippen molar-refractivity contribution in [3.8, 4) is 0 Å². The highest BCUT2D eigenvalue weighted by Crippen LogP contribution is 2.23. The molecule has 2 heterocycles. The van der Waals surface area contributed by atoms with Gasteiger partial charge in [0.2, 0.25) is 10.0 Å². The van der Waals surface area contributed by atoms with Crippen LogP contribution >= 0.6 is 0 Å². The number of nitrogens with zero attached hydrogens (tertiary/aromatic N) is 2. The van der Waals surface area contributed by atoms with Gasteiger partial charge >= 0.3 is 0 Å². The highest BCUT2D eigenvalue weighted by molar-refractivity contribution is 7.89. The molecule has 152 valence electrons. The van der Waals surface area contributed by atoms with E-state index in [0.717, 1.165) is 16.5 Å². The number of carbonyl (C=O) groups is 1. The molecule has 7 heteroatoms. The second-order valence-electron chi connectivity index (χ2n) is 7.54. The van der Waals surface area contributed by atoms with E-state index in [1.54, 1.807) is 18.3 Å². The Morgan fingerprint density at radius 2 is 1.66 bits per heavy atom. The van der Waals surface area contributed by atoms with Gasteiger partial charge in [0, 0.05) is 48.8 Å². The van der Waals surface area contributed by atoms with E-state index in [0.29, 0.717) is 36.6 Å². The molecule has 1 saturated heterocycles. The van der Waals surface area contributed by atoms with Crippen molar-refractivity contribution in [2.45, 2.75) is 24.8 Å². The fourth-order valence-corrected chi connectivity index (χ4v) is 5.28. The van der Waals surface area contributed by atoms with Crippen molar-refractivity contribution in [3.05, 3.63) is 65.9 Å². The highest BCUT2D eigenvalue weighted by Gasteiger charge is 2.32. The van der Waals surface area contributed by atoms with E-state index < -0.39 is 10.0 Å². The van der Waals surface area contributed by atoms with Gasteiger partial charge in [-0.2, -0.15) is 4.31 Å². The number of Topliss-reactive ketones (excluding diaryl/α,β-unsaturated/α-hetero) is 1. The second kappa shape index (κ2) is 7.74. The Balaban J connectivity index is 1.45. The van der Waals surface area contributed by atoms with Crippen LogP contribution in [0.4, 0.5) is 0 Å². The largest absolute Gasteiger partial charge is 0.360 e. The summed E-state index contributed by atoms with van der Waals surface area (Å²) in [6.45, 7) is 5.64. The van der Waals surface area contributed by atoms with E-state index in [9.17, 15) is 13.2 Å². The fourth-order valence-electron chi connectivity index (χ4n) is 3.86. The van der Waals surface area contributed by atoms with Crippen molar-refractivity contribution in [2.75, 3.05) is 26.2 Å². The van der Waals surface area contributed by atoms with Crippen molar-refractivity contribution >= 4 is 26.7 Å². The molecule has 0 bridgehead atoms. The Labute approximate surface area is 171 Å². The Morgan fingerprint density at radius 1 is 1.00 bits per heavy atom. The molecule has 1 aromatic heterocycles. The third-order valence-electron chi connectivity index (χ3n) is 5.71. The monoisotopic (exact) mass is 411 g/mol. The molecule has 3 aromatic rings. The average molecular weight is 412 g/mol. The summed E-state index contributed by atoms with van der Waals surface area (Å²) in [5.74, 6) is 0.0530. The SMILES string of the molecule is Cc1ccc(S(=O)(=O)N2CCN([C@@H](C)C(=O)c3c[nH]c4ccccc34)CC2)cc1. The Kier molecular flexibility index (Phi) is 5.29. The second-order valence-corrected chi connectivity index (χ2v) is 9.48. The first-order chi connectivity index (χ1) is 13.9. The molecular formula is C22H25N3O3S. The summed E-state index contributed by atoms with van der Waals surface area (Å²) in [5, 5.41) is 0.921. The third-order valence-corrected chi connectivity index (χ3v) is 7.63. The van der Waals surface area contributed by atoms with Crippen molar-refractivity contribution in [2.24, 2.45) is 0 Å². The molecule has 0 aliphatic carbocycles. The lowest BCUT2D eigenvalue weighted by atomic mass is 10.0. The normalized spacial score (nSPS) is 17.4. The van der Waals surface area contributed by atoms with E-state index in [1.165, 1.54) is 4.31 Å². The zero-order valence-corrected chi connectivity index (χ0v) is 17.4. The first-order valence-electron chi connectivity index (χ1n) is 9.79. The van der Waals surface area contributed by atoms with Gasteiger partial charge in [-0.15, -0.1) is 0 Å². The number of ketones is 1. The maximum atomic E-state index is 13.1. The number of H-pyrrole nitrogens is 1. The van der Waals surface area contributed by atoms with Crippen LogP contribution in [0.2, 0.25) is 0 Å². The fraction of sp³-hybridized carbons (Fsp3) is 0.318. The lowest BCUT2D eigenvalue weighted by molar-refractivity contribution is 0.0784. The molecular weight excluding hydrogens is 386 g/mol. The number of benzene rings is 2. The van der Waals surface area contributed by atoms with Crippen LogP contribution < -0.4 is 0 Å². The number of para-hydroxylation sites is 1. The van der Waals surface area contributed by atoms with Gasteiger partial charge in [-0.25, -0.2) is 8.42 Å². The number of sulfonamides is 1. The summed E-state index contributed by atoms with van der Waals surface area (Å²) < 4.78 is 27.3. The summed E-state index contributed by atoms with van der Waals surface area (Å²) in [7, 11) is -3.50. The Hall–Kier alpha value is -2.48. The van der Waals surface area contributed by atoms with Crippen LogP contribution in [0.25, 0.3) is 10.9 Å². The summed E-state index contributed by atoms with van der Waals surface area (Å²) in [5.41, 5.74) is 2.65. The van der Waals surface area contributed by atoms with E-state index in [2.05, 4.69) is 9.88 Å². The molecule has 29 heavy (non-hydrogen) atoms. The van der Waals surface area contributed by atoms with Crippen LogP contribution in [0.15, 0.2) is 59.6 Å². The van der Waals surface area contributed by atoms with Gasteiger partial charge in [0.1, 0.15) is 0 Å². The minimum Gasteiger partial charge on any atom is -0.360 e. The van der Waals surface area contributed by atoms with Gasteiger partial charge < -0.3 is 4.98 Å². The van der Waals surface area contributed by atoms with Crippen LogP contribution in [0.1, 0.15) is 22.8 Å². The van der Waals surface area contributed by atoms with E-state index in [-0.39, 0.29) is 11.8 Å². The van der Waals surface area contributed by atoms with Gasteiger partial charge in [0.05, 0.1) is 10.9 Å². The topological polar surface area (TPSA) is 73.5 Å². The van der Waals surface area contributed by atoms with Gasteiger partial charge in [-0.1, -0.05) is 35.9 Å². The molecule has 0 amide bonds. The van der Waals surface area contributed by atoms with Gasteiger partial charge in [0.15, 0.2) is 5.78 Å². The molecule has 1 aliphatic rings. The standard InChI is InChI=1S/C22H25N3O3S/c1-16-7-9-18(10-8-16)29(27,28)25-13-11-24(12-14-25)17(2)22(26)20-15-23-21-6-4-3-5-19(20)21/h3-10,15,17,23H,11-14H2,1-2H3/t17-/m0/s1. The number of rotatable bonds is 5. The van der Waals surface area contributed by atoms with Crippen LogP contribution in [0, 0.1) is 6.92 Å². The van der Waals surface area contributed by atoms with Crippen molar-refractivity contribution in [1.82, 2.24) is 14.2 Å². The molecule has 1 aliphatic heterocycles. The van der Waals surface area contributed by atoms with E-state index >= 15 is 0 Å². The molecule has 0 saturated carbocycles. The van der Waals surface area contributed by atoms with Crippen molar-refractivity contribution in [3.63, 3.8) is 0 Å². The summed E-state index contributed by atoms with van der Waals surface area (Å²) in [4.78, 5) is 18.6. The quantitative estimate of drug-likeness (QED) is 0.655. The van der Waals surface area contributed by atoms with Gasteiger partial charge in [-0.3, -0.25) is 9.69 Å². The maximum Gasteiger partial charge on any atom is 0.243 e. The summed E-state index contributed by atoms with van der Waals surface area (Å²) in [6, 6.07) is 14.4. The molecule has 0 spiro atoms. The Bertz CT molecular complexity index is 1130. The minimum absolute atomic E-state index is 0.0530. The van der Waals surface area contributed by atoms with E-state index in [1.807, 2.05) is 50.2 Å². The van der Waals surface area contributed by atoms with Gasteiger partial charge in [-0.05, 0) is 32.0 Å². The molecule has 0 radical (unpaired) electrons. The van der Waals surface area contributed by atoms with Crippen LogP contribution in [-0.2, 0) is 10.0 Å². The number of fused-ring (bicyclic) bond motifs is 1. The molecule has 1 fully saturated rings. The van der Waals surface area contributed by atoms with Crippen LogP contribution in [-0.4, -0.2) is 60.6 Å². The predicted molar refractivity (Wildman–Crippen MR) is 114 cm³/mol. The zero-order chi connectivity index (χ0) is 20.6. The maximum absolute atomic E-state index is 13.1. The summed E-state index contributed by atoms with van der Waals surface area (Å²) in [6.07, 6.45) is 1.77. The first-order valence-corrected chi connectivity index (χ1v) is 11.2. The number of aromatic nitrogens is 1. The molecule has 1 N–H and O–H groups in total. The number of aryl methyl sites for hydroxylation is 1. The molecule has 6 nitrogen and oxygen atoms in total. The predicted octanol–water partition coefficient (Wildman–Crippen LogP) is 3.05. The van der Waals surface area contributed by atoms with Crippen molar-refractivity contribution < 1.29 is 13.2 Å². The number of hydrogen-bond acceptors (Lipinski definition) is 4. The van der Waals surface area contributed by atoms with E-state index in [4.69, 9.17) is 0 Å². The molecule has 2 aromatic carbocycles. The number of nitrogens with one attached hydrogen (secondary N) is 1. The molecule has 4 rings (SSSR count). The number of piperazine rings is 1.